The molecule has 1 rings (SSSR count). The van der Waals surface area contributed by atoms with Crippen LogP contribution in [0.4, 0.5) is 0 Å². The molecule has 12 heavy (non-hydrogen) atoms. The molecule has 0 saturated carbocycles. The van der Waals surface area contributed by atoms with Crippen LogP contribution in [-0.4, -0.2) is 13.6 Å². The van der Waals surface area contributed by atoms with E-state index in [2.05, 4.69) is 40.0 Å². The van der Waals surface area contributed by atoms with Crippen LogP contribution in [0.25, 0.3) is 5.57 Å². The van der Waals surface area contributed by atoms with Gasteiger partial charge in [-0.25, -0.2) is 0 Å². The van der Waals surface area contributed by atoms with E-state index in [9.17, 15) is 0 Å². The van der Waals surface area contributed by atoms with Gasteiger partial charge >= 0.3 is 0 Å². The summed E-state index contributed by atoms with van der Waals surface area (Å²) in [6.07, 6.45) is 0. The van der Waals surface area contributed by atoms with Crippen molar-refractivity contribution in [1.29, 1.82) is 0 Å². The second kappa shape index (κ2) is 4.43. The van der Waals surface area contributed by atoms with Crippen molar-refractivity contribution in [3.8, 4) is 0 Å². The highest BCUT2D eigenvalue weighted by Crippen LogP contribution is 2.16. The Hall–Kier alpha value is -0.600. The molecule has 0 unspecified atom stereocenters. The second-order valence-corrected chi connectivity index (χ2v) is 3.56. The molecule has 64 valence electrons. The average Bonchev–Trinajstić information content (AvgIpc) is 2.05. The highest BCUT2D eigenvalue weighted by molar-refractivity contribution is 9.10. The lowest BCUT2D eigenvalue weighted by Crippen LogP contribution is -2.08. The summed E-state index contributed by atoms with van der Waals surface area (Å²) in [7, 11) is 1.92. The van der Waals surface area contributed by atoms with Crippen LogP contribution in [0.15, 0.2) is 35.3 Å². The predicted molar refractivity (Wildman–Crippen MR) is 57.1 cm³/mol. The Bertz CT molecular complexity index is 281. The summed E-state index contributed by atoms with van der Waals surface area (Å²) in [6.45, 7) is 4.80. The van der Waals surface area contributed by atoms with Crippen molar-refractivity contribution in [2.45, 2.75) is 0 Å². The molecule has 0 aliphatic carbocycles. The zero-order valence-electron chi connectivity index (χ0n) is 7.10. The summed E-state index contributed by atoms with van der Waals surface area (Å²) in [5, 5.41) is 3.07. The zero-order chi connectivity index (χ0) is 8.97. The molecule has 0 bridgehead atoms. The van der Waals surface area contributed by atoms with E-state index in [1.807, 2.05) is 19.2 Å². The van der Waals surface area contributed by atoms with Crippen molar-refractivity contribution in [1.82, 2.24) is 5.32 Å². The van der Waals surface area contributed by atoms with Gasteiger partial charge in [-0.15, -0.1) is 0 Å². The normalized spacial score (nSPS) is 9.83. The quantitative estimate of drug-likeness (QED) is 0.835. The Morgan fingerprint density at radius 2 is 2.33 bits per heavy atom. The third kappa shape index (κ3) is 2.47. The highest BCUT2D eigenvalue weighted by Gasteiger charge is 1.96. The largest absolute Gasteiger partial charge is 0.316 e. The molecular weight excluding hydrogens is 214 g/mol. The van der Waals surface area contributed by atoms with E-state index in [0.717, 1.165) is 16.6 Å². The molecule has 0 amide bonds. The van der Waals surface area contributed by atoms with Crippen molar-refractivity contribution in [2.24, 2.45) is 0 Å². The molecule has 0 saturated heterocycles. The maximum Gasteiger partial charge on any atom is 0.0202 e. The number of benzene rings is 1. The van der Waals surface area contributed by atoms with Gasteiger partial charge in [0.2, 0.25) is 0 Å². The van der Waals surface area contributed by atoms with Crippen LogP contribution in [0, 0.1) is 0 Å². The van der Waals surface area contributed by atoms with Crippen LogP contribution in [-0.2, 0) is 0 Å². The van der Waals surface area contributed by atoms with Crippen LogP contribution < -0.4 is 5.32 Å². The molecule has 0 radical (unpaired) electrons. The van der Waals surface area contributed by atoms with Crippen LogP contribution in [0.5, 0.6) is 0 Å². The molecule has 1 aromatic carbocycles. The lowest BCUT2D eigenvalue weighted by molar-refractivity contribution is 0.932. The maximum absolute atomic E-state index is 3.97. The highest BCUT2D eigenvalue weighted by atomic mass is 79.9. The van der Waals surface area contributed by atoms with E-state index >= 15 is 0 Å². The van der Waals surface area contributed by atoms with Gasteiger partial charge in [0.1, 0.15) is 0 Å². The fourth-order valence-electron chi connectivity index (χ4n) is 1.02. The van der Waals surface area contributed by atoms with E-state index in [1.165, 1.54) is 5.56 Å². The SMILES string of the molecule is C=C(CNC)c1cccc(Br)c1. The maximum atomic E-state index is 3.97. The molecule has 0 spiro atoms. The van der Waals surface area contributed by atoms with Gasteiger partial charge in [0.15, 0.2) is 0 Å². The molecule has 0 fully saturated rings. The lowest BCUT2D eigenvalue weighted by Gasteiger charge is -2.04. The summed E-state index contributed by atoms with van der Waals surface area (Å²) in [4.78, 5) is 0. The first kappa shape index (κ1) is 9.49. The van der Waals surface area contributed by atoms with Crippen molar-refractivity contribution in [2.75, 3.05) is 13.6 Å². The zero-order valence-corrected chi connectivity index (χ0v) is 8.69. The third-order valence-corrected chi connectivity index (χ3v) is 2.12. The number of halogens is 1. The van der Waals surface area contributed by atoms with Gasteiger partial charge in [0, 0.05) is 11.0 Å². The minimum Gasteiger partial charge on any atom is -0.316 e. The van der Waals surface area contributed by atoms with E-state index in [4.69, 9.17) is 0 Å². The van der Waals surface area contributed by atoms with Crippen molar-refractivity contribution >= 4 is 21.5 Å². The lowest BCUT2D eigenvalue weighted by atomic mass is 10.1. The van der Waals surface area contributed by atoms with Gasteiger partial charge in [-0.3, -0.25) is 0 Å². The minimum atomic E-state index is 0.830. The molecule has 0 atom stereocenters. The first-order valence-corrected chi connectivity index (χ1v) is 4.61. The molecule has 0 aromatic heterocycles. The predicted octanol–water partition coefficient (Wildman–Crippen LogP) is 2.68. The number of nitrogens with one attached hydrogen (secondary N) is 1. The minimum absolute atomic E-state index is 0.830. The molecule has 1 aromatic rings. The Morgan fingerprint density at radius 1 is 1.58 bits per heavy atom. The smallest absolute Gasteiger partial charge is 0.0202 e. The van der Waals surface area contributed by atoms with Gasteiger partial charge in [-0.1, -0.05) is 34.6 Å². The van der Waals surface area contributed by atoms with E-state index < -0.39 is 0 Å². The molecule has 0 aliphatic heterocycles. The van der Waals surface area contributed by atoms with Crippen molar-refractivity contribution in [3.63, 3.8) is 0 Å². The topological polar surface area (TPSA) is 12.0 Å². The summed E-state index contributed by atoms with van der Waals surface area (Å²) in [5.74, 6) is 0. The van der Waals surface area contributed by atoms with Crippen molar-refractivity contribution in [3.05, 3.63) is 40.9 Å². The van der Waals surface area contributed by atoms with Crippen LogP contribution in [0.2, 0.25) is 0 Å². The summed E-state index contributed by atoms with van der Waals surface area (Å²) in [6, 6.07) is 8.15. The molecule has 1 N–H and O–H groups in total. The summed E-state index contributed by atoms with van der Waals surface area (Å²) in [5.41, 5.74) is 2.29. The standard InChI is InChI=1S/C10H12BrN/c1-8(7-12-2)9-4-3-5-10(11)6-9/h3-6,12H,1,7H2,2H3. The van der Waals surface area contributed by atoms with Crippen molar-refractivity contribution < 1.29 is 0 Å². The Morgan fingerprint density at radius 3 is 2.92 bits per heavy atom. The molecular formula is C10H12BrN. The number of likely N-dealkylation sites (N-methyl/N-ethyl adjacent to an activating group) is 1. The Kier molecular flexibility index (Phi) is 3.50. The molecule has 0 heterocycles. The molecule has 0 aliphatic rings. The Labute approximate surface area is 81.6 Å². The first-order valence-electron chi connectivity index (χ1n) is 3.82. The first-order chi connectivity index (χ1) is 5.74. The van der Waals surface area contributed by atoms with E-state index in [-0.39, 0.29) is 0 Å². The molecule has 1 nitrogen and oxygen atoms in total. The van der Waals surface area contributed by atoms with Crippen LogP contribution in [0.1, 0.15) is 5.56 Å². The van der Waals surface area contributed by atoms with Crippen LogP contribution >= 0.6 is 15.9 Å². The fourth-order valence-corrected chi connectivity index (χ4v) is 1.42. The number of hydrogen-bond donors (Lipinski definition) is 1. The average molecular weight is 226 g/mol. The fraction of sp³-hybridized carbons (Fsp3) is 0.200. The van der Waals surface area contributed by atoms with Gasteiger partial charge in [-0.2, -0.15) is 0 Å². The second-order valence-electron chi connectivity index (χ2n) is 2.64. The summed E-state index contributed by atoms with van der Waals surface area (Å²) < 4.78 is 1.09. The van der Waals surface area contributed by atoms with Gasteiger partial charge in [0.25, 0.3) is 0 Å². The van der Waals surface area contributed by atoms with Gasteiger partial charge in [-0.05, 0) is 30.3 Å². The van der Waals surface area contributed by atoms with E-state index in [0.29, 0.717) is 0 Å². The van der Waals surface area contributed by atoms with Crippen LogP contribution in [0.3, 0.4) is 0 Å². The third-order valence-electron chi connectivity index (χ3n) is 1.62. The van der Waals surface area contributed by atoms with Gasteiger partial charge in [0.05, 0.1) is 0 Å². The number of hydrogen-bond acceptors (Lipinski definition) is 1. The number of rotatable bonds is 3. The van der Waals surface area contributed by atoms with Gasteiger partial charge < -0.3 is 5.32 Å². The monoisotopic (exact) mass is 225 g/mol. The van der Waals surface area contributed by atoms with E-state index in [1.54, 1.807) is 0 Å². The Balaban J connectivity index is 2.81. The summed E-state index contributed by atoms with van der Waals surface area (Å²) >= 11 is 3.42. The molecule has 2 heteroatoms.